The summed E-state index contributed by atoms with van der Waals surface area (Å²) in [5.74, 6) is 1.79. The van der Waals surface area contributed by atoms with E-state index >= 15 is 0 Å². The third kappa shape index (κ3) is 5.17. The minimum absolute atomic E-state index is 0.0457. The van der Waals surface area contributed by atoms with Crippen molar-refractivity contribution in [1.82, 2.24) is 20.4 Å². The highest BCUT2D eigenvalue weighted by atomic mass is 32.1. The van der Waals surface area contributed by atoms with E-state index in [0.29, 0.717) is 31.1 Å². The highest BCUT2D eigenvalue weighted by molar-refractivity contribution is 7.08. The fraction of sp³-hybridized carbons (Fsp3) is 0.350. The van der Waals surface area contributed by atoms with Crippen LogP contribution in [0.3, 0.4) is 0 Å². The van der Waals surface area contributed by atoms with Gasteiger partial charge in [0.25, 0.3) is 0 Å². The zero-order valence-corrected chi connectivity index (χ0v) is 17.0. The summed E-state index contributed by atoms with van der Waals surface area (Å²) >= 11 is 1.58. The van der Waals surface area contributed by atoms with Crippen molar-refractivity contribution in [2.24, 2.45) is 0 Å². The largest absolute Gasteiger partial charge is 0.497 e. The Labute approximate surface area is 168 Å². The third-order valence-corrected chi connectivity index (χ3v) is 5.11. The summed E-state index contributed by atoms with van der Waals surface area (Å²) in [7, 11) is 5.63. The van der Waals surface area contributed by atoms with Crippen LogP contribution in [0.15, 0.2) is 45.6 Å². The smallest absolute Gasteiger partial charge is 0.227 e. The summed E-state index contributed by atoms with van der Waals surface area (Å²) < 4.78 is 10.4. The van der Waals surface area contributed by atoms with E-state index in [9.17, 15) is 4.79 Å². The lowest BCUT2D eigenvalue weighted by atomic mass is 10.1. The molecule has 2 heterocycles. The first-order chi connectivity index (χ1) is 13.6. The van der Waals surface area contributed by atoms with Gasteiger partial charge in [0.15, 0.2) is 0 Å². The predicted octanol–water partition coefficient (Wildman–Crippen LogP) is 3.16. The Balaban J connectivity index is 1.50. The number of thiophene rings is 1. The monoisotopic (exact) mass is 400 g/mol. The van der Waals surface area contributed by atoms with E-state index < -0.39 is 0 Å². The van der Waals surface area contributed by atoms with Crippen molar-refractivity contribution in [2.45, 2.75) is 18.9 Å². The van der Waals surface area contributed by atoms with Crippen LogP contribution in [-0.2, 0) is 11.2 Å². The molecule has 28 heavy (non-hydrogen) atoms. The first kappa shape index (κ1) is 20.0. The van der Waals surface area contributed by atoms with Gasteiger partial charge in [0.05, 0.1) is 13.2 Å². The Hall–Kier alpha value is -2.71. The van der Waals surface area contributed by atoms with Crippen LogP contribution < -0.4 is 10.1 Å². The van der Waals surface area contributed by atoms with E-state index in [1.165, 1.54) is 0 Å². The van der Waals surface area contributed by atoms with Gasteiger partial charge in [0, 0.05) is 30.3 Å². The molecule has 2 aromatic heterocycles. The lowest BCUT2D eigenvalue weighted by Gasteiger charge is -2.25. The molecule has 8 heteroatoms. The lowest BCUT2D eigenvalue weighted by molar-refractivity contribution is -0.121. The zero-order chi connectivity index (χ0) is 19.9. The molecular formula is C20H24N4O3S. The van der Waals surface area contributed by atoms with Gasteiger partial charge < -0.3 is 19.5 Å². The molecule has 3 aromatic rings. The van der Waals surface area contributed by atoms with Crippen molar-refractivity contribution >= 4 is 17.2 Å². The van der Waals surface area contributed by atoms with E-state index in [2.05, 4.69) is 20.4 Å². The van der Waals surface area contributed by atoms with Gasteiger partial charge >= 0.3 is 0 Å². The third-order valence-electron chi connectivity index (χ3n) is 4.43. The van der Waals surface area contributed by atoms with Crippen molar-refractivity contribution < 1.29 is 14.1 Å². The highest BCUT2D eigenvalue weighted by Gasteiger charge is 2.16. The predicted molar refractivity (Wildman–Crippen MR) is 108 cm³/mol. The molecular weight excluding hydrogens is 376 g/mol. The SMILES string of the molecule is COc1ccc(C(CNC(=O)CCc2nc(-c3ccsc3)no2)N(C)C)cc1. The summed E-state index contributed by atoms with van der Waals surface area (Å²) in [4.78, 5) is 18.7. The molecule has 0 aliphatic carbocycles. The van der Waals surface area contributed by atoms with Crippen LogP contribution in [0.4, 0.5) is 0 Å². The average Bonchev–Trinajstić information content (AvgIpc) is 3.38. The van der Waals surface area contributed by atoms with Crippen LogP contribution >= 0.6 is 11.3 Å². The Morgan fingerprint density at radius 2 is 2.07 bits per heavy atom. The lowest BCUT2D eigenvalue weighted by Crippen LogP contribution is -2.34. The molecule has 0 saturated carbocycles. The summed E-state index contributed by atoms with van der Waals surface area (Å²) in [6.45, 7) is 0.516. The quantitative estimate of drug-likeness (QED) is 0.594. The minimum atomic E-state index is -0.0457. The number of benzene rings is 1. The van der Waals surface area contributed by atoms with Crippen molar-refractivity contribution in [3.63, 3.8) is 0 Å². The van der Waals surface area contributed by atoms with Gasteiger partial charge in [0.2, 0.25) is 17.6 Å². The van der Waals surface area contributed by atoms with Gasteiger partial charge in [0.1, 0.15) is 5.75 Å². The number of amides is 1. The topological polar surface area (TPSA) is 80.5 Å². The van der Waals surface area contributed by atoms with Gasteiger partial charge in [-0.3, -0.25) is 4.79 Å². The number of aryl methyl sites for hydroxylation is 1. The van der Waals surface area contributed by atoms with E-state index in [4.69, 9.17) is 9.26 Å². The van der Waals surface area contributed by atoms with Crippen LogP contribution in [-0.4, -0.2) is 48.7 Å². The summed E-state index contributed by atoms with van der Waals surface area (Å²) in [5, 5.41) is 10.9. The molecule has 1 atom stereocenters. The summed E-state index contributed by atoms with van der Waals surface area (Å²) in [6.07, 6.45) is 0.714. The van der Waals surface area contributed by atoms with Crippen LogP contribution in [0, 0.1) is 0 Å². The highest BCUT2D eigenvalue weighted by Crippen LogP contribution is 2.21. The average molecular weight is 401 g/mol. The molecule has 1 amide bonds. The number of hydrogen-bond acceptors (Lipinski definition) is 7. The van der Waals surface area contributed by atoms with E-state index in [0.717, 1.165) is 16.9 Å². The number of carbonyl (C=O) groups excluding carboxylic acids is 1. The normalized spacial score (nSPS) is 12.1. The van der Waals surface area contributed by atoms with Crippen LogP contribution in [0.1, 0.15) is 23.9 Å². The molecule has 7 nitrogen and oxygen atoms in total. The second kappa shape index (κ2) is 9.48. The number of carbonyl (C=O) groups is 1. The van der Waals surface area contributed by atoms with Gasteiger partial charge in [-0.25, -0.2) is 0 Å². The molecule has 0 aliphatic heterocycles. The Morgan fingerprint density at radius 1 is 1.29 bits per heavy atom. The number of aromatic nitrogens is 2. The number of ether oxygens (including phenoxy) is 1. The molecule has 0 radical (unpaired) electrons. The standard InChI is InChI=1S/C20H24N4O3S/c1-24(2)17(14-4-6-16(26-3)7-5-14)12-21-18(25)8-9-19-22-20(23-27-19)15-10-11-28-13-15/h4-7,10-11,13,17H,8-9,12H2,1-3H3,(H,21,25). The van der Waals surface area contributed by atoms with Gasteiger partial charge in [-0.05, 0) is 43.2 Å². The van der Waals surface area contributed by atoms with Crippen LogP contribution in [0.2, 0.25) is 0 Å². The van der Waals surface area contributed by atoms with Crippen molar-refractivity contribution in [2.75, 3.05) is 27.7 Å². The number of methoxy groups -OCH3 is 1. The van der Waals surface area contributed by atoms with Gasteiger partial charge in [-0.15, -0.1) is 0 Å². The zero-order valence-electron chi connectivity index (χ0n) is 16.2. The van der Waals surface area contributed by atoms with Crippen molar-refractivity contribution in [1.29, 1.82) is 0 Å². The first-order valence-electron chi connectivity index (χ1n) is 8.99. The van der Waals surface area contributed by atoms with E-state index in [-0.39, 0.29) is 11.9 Å². The maximum atomic E-state index is 12.3. The molecule has 1 aromatic carbocycles. The van der Waals surface area contributed by atoms with Gasteiger partial charge in [-0.1, -0.05) is 17.3 Å². The number of nitrogens with one attached hydrogen (secondary N) is 1. The number of hydrogen-bond donors (Lipinski definition) is 1. The molecule has 0 saturated heterocycles. The fourth-order valence-electron chi connectivity index (χ4n) is 2.81. The summed E-state index contributed by atoms with van der Waals surface area (Å²) in [5.41, 5.74) is 2.04. The molecule has 0 spiro atoms. The van der Waals surface area contributed by atoms with Crippen molar-refractivity contribution in [3.05, 3.63) is 52.5 Å². The molecule has 0 fully saturated rings. The Kier molecular flexibility index (Phi) is 6.78. The Morgan fingerprint density at radius 3 is 2.71 bits per heavy atom. The fourth-order valence-corrected chi connectivity index (χ4v) is 3.44. The van der Waals surface area contributed by atoms with Crippen LogP contribution in [0.25, 0.3) is 11.4 Å². The molecule has 1 N–H and O–H groups in total. The molecule has 1 unspecified atom stereocenters. The molecule has 0 bridgehead atoms. The Bertz CT molecular complexity index is 875. The second-order valence-electron chi connectivity index (χ2n) is 6.58. The maximum Gasteiger partial charge on any atom is 0.227 e. The minimum Gasteiger partial charge on any atom is -0.497 e. The van der Waals surface area contributed by atoms with E-state index in [1.54, 1.807) is 18.4 Å². The number of likely N-dealkylation sites (N-methyl/N-ethyl adjacent to an activating group) is 1. The van der Waals surface area contributed by atoms with Crippen molar-refractivity contribution in [3.8, 4) is 17.1 Å². The van der Waals surface area contributed by atoms with Gasteiger partial charge in [-0.2, -0.15) is 16.3 Å². The molecule has 3 rings (SSSR count). The van der Waals surface area contributed by atoms with E-state index in [1.807, 2.05) is 55.2 Å². The number of rotatable bonds is 9. The summed E-state index contributed by atoms with van der Waals surface area (Å²) in [6, 6.07) is 9.89. The second-order valence-corrected chi connectivity index (χ2v) is 7.36. The first-order valence-corrected chi connectivity index (χ1v) is 9.93. The maximum absolute atomic E-state index is 12.3. The molecule has 148 valence electrons. The van der Waals surface area contributed by atoms with Crippen LogP contribution in [0.5, 0.6) is 5.75 Å². The molecule has 0 aliphatic rings. The number of nitrogens with zero attached hydrogens (tertiary/aromatic N) is 3.